The van der Waals surface area contributed by atoms with E-state index in [0.29, 0.717) is 16.4 Å². The second-order valence-corrected chi connectivity index (χ2v) is 4.74. The molecule has 100 valence electrons. The molecular formula is C15H11ClFN3. The number of benzene rings is 2. The van der Waals surface area contributed by atoms with Crippen LogP contribution in [-0.2, 0) is 0 Å². The van der Waals surface area contributed by atoms with Crippen LogP contribution in [0.25, 0.3) is 16.9 Å². The molecule has 0 saturated heterocycles. The van der Waals surface area contributed by atoms with Gasteiger partial charge in [0.25, 0.3) is 0 Å². The van der Waals surface area contributed by atoms with Crippen LogP contribution in [-0.4, -0.2) is 9.78 Å². The zero-order chi connectivity index (χ0) is 14.1. The average molecular weight is 288 g/mol. The Balaban J connectivity index is 2.08. The van der Waals surface area contributed by atoms with E-state index in [9.17, 15) is 4.39 Å². The van der Waals surface area contributed by atoms with Gasteiger partial charge in [0, 0.05) is 5.56 Å². The summed E-state index contributed by atoms with van der Waals surface area (Å²) in [6.45, 7) is 0. The summed E-state index contributed by atoms with van der Waals surface area (Å²) in [5, 5.41) is 5.01. The van der Waals surface area contributed by atoms with Gasteiger partial charge in [0.1, 0.15) is 11.5 Å². The van der Waals surface area contributed by atoms with Crippen LogP contribution < -0.4 is 5.73 Å². The number of anilines is 1. The molecule has 0 saturated carbocycles. The van der Waals surface area contributed by atoms with Gasteiger partial charge in [0.05, 0.1) is 22.6 Å². The zero-order valence-corrected chi connectivity index (χ0v) is 11.2. The van der Waals surface area contributed by atoms with Crippen molar-refractivity contribution in [3.05, 3.63) is 65.6 Å². The number of nitrogens with zero attached hydrogens (tertiary/aromatic N) is 2. The third-order valence-corrected chi connectivity index (χ3v) is 3.28. The Morgan fingerprint density at radius 3 is 2.45 bits per heavy atom. The van der Waals surface area contributed by atoms with Gasteiger partial charge in [0.2, 0.25) is 0 Å². The maximum Gasteiger partial charge on any atom is 0.123 e. The minimum absolute atomic E-state index is 0.294. The van der Waals surface area contributed by atoms with Crippen LogP contribution in [0.3, 0.4) is 0 Å². The first-order chi connectivity index (χ1) is 9.65. The molecular weight excluding hydrogens is 277 g/mol. The molecule has 0 fully saturated rings. The van der Waals surface area contributed by atoms with Crippen LogP contribution in [0.2, 0.25) is 5.02 Å². The number of hydrogen-bond acceptors (Lipinski definition) is 2. The largest absolute Gasteiger partial charge is 0.396 e. The Hall–Kier alpha value is -2.33. The van der Waals surface area contributed by atoms with Gasteiger partial charge in [-0.3, -0.25) is 0 Å². The van der Waals surface area contributed by atoms with Crippen molar-refractivity contribution in [1.82, 2.24) is 9.78 Å². The average Bonchev–Trinajstić information content (AvgIpc) is 2.82. The van der Waals surface area contributed by atoms with Gasteiger partial charge >= 0.3 is 0 Å². The van der Waals surface area contributed by atoms with Crippen LogP contribution in [0.5, 0.6) is 0 Å². The molecule has 3 aromatic rings. The van der Waals surface area contributed by atoms with Crippen LogP contribution in [0.4, 0.5) is 10.1 Å². The SMILES string of the molecule is Nc1cn(-c2ccccc2Cl)nc1-c1ccc(F)cc1. The van der Waals surface area contributed by atoms with Crippen molar-refractivity contribution in [1.29, 1.82) is 0 Å². The maximum atomic E-state index is 13.0. The van der Waals surface area contributed by atoms with E-state index < -0.39 is 0 Å². The number of rotatable bonds is 2. The summed E-state index contributed by atoms with van der Waals surface area (Å²) < 4.78 is 14.6. The molecule has 3 nitrogen and oxygen atoms in total. The van der Waals surface area contributed by atoms with E-state index in [-0.39, 0.29) is 5.82 Å². The smallest absolute Gasteiger partial charge is 0.123 e. The fourth-order valence-corrected chi connectivity index (χ4v) is 2.20. The number of aromatic nitrogens is 2. The van der Waals surface area contributed by atoms with Crippen molar-refractivity contribution in [3.63, 3.8) is 0 Å². The summed E-state index contributed by atoms with van der Waals surface area (Å²) in [4.78, 5) is 0. The first kappa shape index (κ1) is 12.7. The molecule has 0 atom stereocenters. The number of halogens is 2. The van der Waals surface area contributed by atoms with Crippen molar-refractivity contribution in [2.75, 3.05) is 5.73 Å². The fourth-order valence-electron chi connectivity index (χ4n) is 1.98. The van der Waals surface area contributed by atoms with Crippen molar-refractivity contribution in [2.45, 2.75) is 0 Å². The summed E-state index contributed by atoms with van der Waals surface area (Å²) >= 11 is 6.14. The quantitative estimate of drug-likeness (QED) is 0.776. The van der Waals surface area contributed by atoms with Gasteiger partial charge in [-0.05, 0) is 36.4 Å². The van der Waals surface area contributed by atoms with Crippen LogP contribution in [0, 0.1) is 5.82 Å². The lowest BCUT2D eigenvalue weighted by Gasteiger charge is -2.03. The van der Waals surface area contributed by atoms with E-state index in [1.165, 1.54) is 12.1 Å². The first-order valence-corrected chi connectivity index (χ1v) is 6.39. The highest BCUT2D eigenvalue weighted by Gasteiger charge is 2.11. The number of nitrogens with two attached hydrogens (primary N) is 1. The lowest BCUT2D eigenvalue weighted by atomic mass is 10.1. The molecule has 0 amide bonds. The lowest BCUT2D eigenvalue weighted by molar-refractivity contribution is 0.628. The summed E-state index contributed by atoms with van der Waals surface area (Å²) in [6, 6.07) is 13.4. The number of nitrogen functional groups attached to an aromatic ring is 1. The van der Waals surface area contributed by atoms with E-state index in [2.05, 4.69) is 5.10 Å². The molecule has 2 aromatic carbocycles. The van der Waals surface area contributed by atoms with E-state index in [1.807, 2.05) is 18.2 Å². The van der Waals surface area contributed by atoms with Crippen LogP contribution in [0.1, 0.15) is 0 Å². The van der Waals surface area contributed by atoms with Crippen molar-refractivity contribution >= 4 is 17.3 Å². The Morgan fingerprint density at radius 1 is 1.05 bits per heavy atom. The summed E-state index contributed by atoms with van der Waals surface area (Å²) in [5.74, 6) is -0.294. The molecule has 0 aliphatic heterocycles. The van der Waals surface area contributed by atoms with Crippen molar-refractivity contribution in [2.24, 2.45) is 0 Å². The molecule has 5 heteroatoms. The second-order valence-electron chi connectivity index (χ2n) is 4.34. The number of hydrogen-bond donors (Lipinski definition) is 1. The van der Waals surface area contributed by atoms with Crippen molar-refractivity contribution in [3.8, 4) is 16.9 Å². The van der Waals surface area contributed by atoms with Gasteiger partial charge in [-0.1, -0.05) is 23.7 Å². The van der Waals surface area contributed by atoms with Gasteiger partial charge in [-0.25, -0.2) is 9.07 Å². The highest BCUT2D eigenvalue weighted by atomic mass is 35.5. The summed E-state index contributed by atoms with van der Waals surface area (Å²) in [7, 11) is 0. The minimum Gasteiger partial charge on any atom is -0.396 e. The molecule has 0 unspecified atom stereocenters. The molecule has 0 bridgehead atoms. The standard InChI is InChI=1S/C15H11ClFN3/c16-12-3-1-2-4-14(12)20-9-13(18)15(19-20)10-5-7-11(17)8-6-10/h1-9H,18H2. The molecule has 0 aliphatic carbocycles. The van der Waals surface area contributed by atoms with E-state index >= 15 is 0 Å². The van der Waals surface area contributed by atoms with Crippen LogP contribution in [0.15, 0.2) is 54.7 Å². The lowest BCUT2D eigenvalue weighted by Crippen LogP contribution is -1.95. The highest BCUT2D eigenvalue weighted by Crippen LogP contribution is 2.27. The monoisotopic (exact) mass is 287 g/mol. The molecule has 20 heavy (non-hydrogen) atoms. The number of para-hydroxylation sites is 1. The van der Waals surface area contributed by atoms with Crippen molar-refractivity contribution < 1.29 is 4.39 Å². The molecule has 0 spiro atoms. The fraction of sp³-hybridized carbons (Fsp3) is 0. The third-order valence-electron chi connectivity index (χ3n) is 2.96. The topological polar surface area (TPSA) is 43.8 Å². The van der Waals surface area contributed by atoms with E-state index in [1.54, 1.807) is 29.1 Å². The molecule has 2 N–H and O–H groups in total. The maximum absolute atomic E-state index is 13.0. The molecule has 3 rings (SSSR count). The predicted octanol–water partition coefficient (Wildman–Crippen LogP) is 3.91. The highest BCUT2D eigenvalue weighted by molar-refractivity contribution is 6.32. The molecule has 1 aromatic heterocycles. The third kappa shape index (κ3) is 2.26. The molecule has 0 radical (unpaired) electrons. The Morgan fingerprint density at radius 2 is 1.75 bits per heavy atom. The Labute approximate surface area is 120 Å². The second kappa shape index (κ2) is 4.98. The van der Waals surface area contributed by atoms with E-state index in [4.69, 9.17) is 17.3 Å². The zero-order valence-electron chi connectivity index (χ0n) is 10.4. The minimum atomic E-state index is -0.294. The Bertz CT molecular complexity index is 750. The predicted molar refractivity (Wildman–Crippen MR) is 78.4 cm³/mol. The van der Waals surface area contributed by atoms with Gasteiger partial charge < -0.3 is 5.73 Å². The van der Waals surface area contributed by atoms with Gasteiger partial charge in [-0.15, -0.1) is 0 Å². The van der Waals surface area contributed by atoms with Crippen LogP contribution >= 0.6 is 11.6 Å². The van der Waals surface area contributed by atoms with E-state index in [0.717, 1.165) is 11.3 Å². The molecule has 0 aliphatic rings. The van der Waals surface area contributed by atoms with Gasteiger partial charge in [-0.2, -0.15) is 5.10 Å². The summed E-state index contributed by atoms with van der Waals surface area (Å²) in [6.07, 6.45) is 1.69. The molecule has 1 heterocycles. The summed E-state index contributed by atoms with van der Waals surface area (Å²) in [5.41, 5.74) is 8.59. The Kier molecular flexibility index (Phi) is 3.16. The first-order valence-electron chi connectivity index (χ1n) is 6.01. The normalized spacial score (nSPS) is 10.7. The van der Waals surface area contributed by atoms with Gasteiger partial charge in [0.15, 0.2) is 0 Å².